The number of ether oxygens (including phenoxy) is 1. The highest BCUT2D eigenvalue weighted by Crippen LogP contribution is 2.20. The molecule has 5 heteroatoms. The van der Waals surface area contributed by atoms with Gasteiger partial charge in [0.15, 0.2) is 0 Å². The van der Waals surface area contributed by atoms with Gasteiger partial charge in [0, 0.05) is 0 Å². The molecule has 0 aliphatic heterocycles. The first-order valence-corrected chi connectivity index (χ1v) is 3.75. The Morgan fingerprint density at radius 2 is 2.00 bits per heavy atom. The van der Waals surface area contributed by atoms with Crippen molar-refractivity contribution in [1.29, 1.82) is 0 Å². The molecule has 0 atom stereocenters. The monoisotopic (exact) mass is 204 g/mol. The number of hydrogen-bond donors (Lipinski definition) is 0. The fraction of sp³-hybridized carbons (Fsp3) is 0.222. The SMILES string of the molecule is Cc1cccc(OC(=O)C(F)(F)F)c1. The third-order valence-electron chi connectivity index (χ3n) is 1.43. The lowest BCUT2D eigenvalue weighted by atomic mass is 10.2. The molecular weight excluding hydrogens is 197 g/mol. The van der Waals surface area contributed by atoms with Crippen LogP contribution in [0.2, 0.25) is 0 Å². The van der Waals surface area contributed by atoms with E-state index in [1.807, 2.05) is 0 Å². The summed E-state index contributed by atoms with van der Waals surface area (Å²) in [5.74, 6) is -2.31. The zero-order valence-electron chi connectivity index (χ0n) is 7.26. The molecule has 0 unspecified atom stereocenters. The minimum Gasteiger partial charge on any atom is -0.420 e. The van der Waals surface area contributed by atoms with Crippen molar-refractivity contribution >= 4 is 5.97 Å². The highest BCUT2D eigenvalue weighted by molar-refractivity contribution is 5.78. The minimum atomic E-state index is -4.95. The summed E-state index contributed by atoms with van der Waals surface area (Å²) in [7, 11) is 0. The molecule has 0 bridgehead atoms. The molecule has 0 amide bonds. The predicted octanol–water partition coefficient (Wildman–Crippen LogP) is 2.46. The Hall–Kier alpha value is -1.52. The summed E-state index contributed by atoms with van der Waals surface area (Å²) in [6.07, 6.45) is -4.95. The smallest absolute Gasteiger partial charge is 0.420 e. The molecule has 14 heavy (non-hydrogen) atoms. The Morgan fingerprint density at radius 3 is 2.50 bits per heavy atom. The normalized spacial score (nSPS) is 11.1. The maximum Gasteiger partial charge on any atom is 0.491 e. The Kier molecular flexibility index (Phi) is 2.78. The zero-order valence-corrected chi connectivity index (χ0v) is 7.26. The molecule has 1 aromatic rings. The number of rotatable bonds is 1. The van der Waals surface area contributed by atoms with E-state index in [4.69, 9.17) is 0 Å². The number of carbonyl (C=O) groups excluding carboxylic acids is 1. The van der Waals surface area contributed by atoms with Gasteiger partial charge in [0.1, 0.15) is 5.75 Å². The maximum atomic E-state index is 11.8. The van der Waals surface area contributed by atoms with E-state index in [2.05, 4.69) is 4.74 Å². The molecule has 0 aliphatic carbocycles. The van der Waals surface area contributed by atoms with E-state index in [0.29, 0.717) is 0 Å². The second-order valence-corrected chi connectivity index (χ2v) is 2.70. The van der Waals surface area contributed by atoms with Crippen LogP contribution < -0.4 is 4.74 Å². The summed E-state index contributed by atoms with van der Waals surface area (Å²) in [6.45, 7) is 1.69. The lowest BCUT2D eigenvalue weighted by molar-refractivity contribution is -0.189. The van der Waals surface area contributed by atoms with Gasteiger partial charge in [-0.2, -0.15) is 13.2 Å². The molecule has 76 valence electrons. The summed E-state index contributed by atoms with van der Waals surface area (Å²) in [4.78, 5) is 10.4. The van der Waals surface area contributed by atoms with Gasteiger partial charge in [-0.3, -0.25) is 0 Å². The highest BCUT2D eigenvalue weighted by Gasteiger charge is 2.41. The fourth-order valence-corrected chi connectivity index (χ4v) is 0.844. The number of esters is 1. The molecule has 1 rings (SSSR count). The maximum absolute atomic E-state index is 11.8. The van der Waals surface area contributed by atoms with Crippen molar-refractivity contribution in [2.45, 2.75) is 13.1 Å². The van der Waals surface area contributed by atoms with E-state index < -0.39 is 12.1 Å². The average Bonchev–Trinajstić information content (AvgIpc) is 2.02. The number of halogens is 3. The molecule has 1 aromatic carbocycles. The zero-order chi connectivity index (χ0) is 10.8. The van der Waals surface area contributed by atoms with Crippen LogP contribution in [0.15, 0.2) is 24.3 Å². The Labute approximate surface area is 78.3 Å². The van der Waals surface area contributed by atoms with Crippen LogP contribution in [0.4, 0.5) is 13.2 Å². The summed E-state index contributed by atoms with van der Waals surface area (Å²) in [5, 5.41) is 0. The molecule has 0 radical (unpaired) electrons. The molecule has 0 aromatic heterocycles. The fourth-order valence-electron chi connectivity index (χ4n) is 0.844. The second-order valence-electron chi connectivity index (χ2n) is 2.70. The average molecular weight is 204 g/mol. The van der Waals surface area contributed by atoms with Gasteiger partial charge in [-0.25, -0.2) is 4.79 Å². The number of aryl methyl sites for hydroxylation is 1. The lowest BCUT2D eigenvalue weighted by Crippen LogP contribution is -2.27. The minimum absolute atomic E-state index is 0.104. The van der Waals surface area contributed by atoms with Crippen LogP contribution in [0.1, 0.15) is 5.56 Å². The Balaban J connectivity index is 2.75. The summed E-state index contributed by atoms with van der Waals surface area (Å²) >= 11 is 0. The van der Waals surface area contributed by atoms with Crippen molar-refractivity contribution in [2.24, 2.45) is 0 Å². The van der Waals surface area contributed by atoms with Crippen molar-refractivity contribution in [1.82, 2.24) is 0 Å². The van der Waals surface area contributed by atoms with Crippen molar-refractivity contribution in [3.63, 3.8) is 0 Å². The molecule has 0 aliphatic rings. The van der Waals surface area contributed by atoms with E-state index in [0.717, 1.165) is 5.56 Å². The van der Waals surface area contributed by atoms with Crippen molar-refractivity contribution in [3.8, 4) is 5.75 Å². The van der Waals surface area contributed by atoms with Gasteiger partial charge in [-0.05, 0) is 24.6 Å². The van der Waals surface area contributed by atoms with Crippen LogP contribution in [0.3, 0.4) is 0 Å². The van der Waals surface area contributed by atoms with E-state index in [-0.39, 0.29) is 5.75 Å². The van der Waals surface area contributed by atoms with Crippen LogP contribution in [-0.4, -0.2) is 12.1 Å². The quantitative estimate of drug-likeness (QED) is 0.518. The number of alkyl halides is 3. The summed E-state index contributed by atoms with van der Waals surface area (Å²) < 4.78 is 39.4. The van der Waals surface area contributed by atoms with Crippen LogP contribution in [0.25, 0.3) is 0 Å². The largest absolute Gasteiger partial charge is 0.491 e. The van der Waals surface area contributed by atoms with Gasteiger partial charge in [-0.15, -0.1) is 0 Å². The second kappa shape index (κ2) is 3.69. The number of benzene rings is 1. The molecule has 0 saturated carbocycles. The highest BCUT2D eigenvalue weighted by atomic mass is 19.4. The van der Waals surface area contributed by atoms with Crippen molar-refractivity contribution in [2.75, 3.05) is 0 Å². The molecule has 0 fully saturated rings. The van der Waals surface area contributed by atoms with E-state index in [1.165, 1.54) is 18.2 Å². The predicted molar refractivity (Wildman–Crippen MR) is 42.9 cm³/mol. The lowest BCUT2D eigenvalue weighted by Gasteiger charge is -2.06. The van der Waals surface area contributed by atoms with E-state index in [9.17, 15) is 18.0 Å². The van der Waals surface area contributed by atoms with Crippen molar-refractivity contribution < 1.29 is 22.7 Å². The molecule has 0 heterocycles. The standard InChI is InChI=1S/C9H7F3O2/c1-6-3-2-4-7(5-6)14-8(13)9(10,11)12/h2-5H,1H3. The Morgan fingerprint density at radius 1 is 1.36 bits per heavy atom. The Bertz CT molecular complexity index is 344. The molecule has 2 nitrogen and oxygen atoms in total. The van der Waals surface area contributed by atoms with Gasteiger partial charge in [0.05, 0.1) is 0 Å². The van der Waals surface area contributed by atoms with E-state index in [1.54, 1.807) is 13.0 Å². The molecular formula is C9H7F3O2. The third-order valence-corrected chi connectivity index (χ3v) is 1.43. The van der Waals surface area contributed by atoms with Crippen LogP contribution >= 0.6 is 0 Å². The van der Waals surface area contributed by atoms with Gasteiger partial charge in [0.2, 0.25) is 0 Å². The van der Waals surface area contributed by atoms with Crippen LogP contribution in [-0.2, 0) is 4.79 Å². The number of hydrogen-bond acceptors (Lipinski definition) is 2. The summed E-state index contributed by atoms with van der Waals surface area (Å²) in [6, 6.07) is 5.83. The first kappa shape index (κ1) is 10.6. The molecule has 0 spiro atoms. The third kappa shape index (κ3) is 2.76. The number of carbonyl (C=O) groups is 1. The van der Waals surface area contributed by atoms with Gasteiger partial charge in [-0.1, -0.05) is 12.1 Å². The van der Waals surface area contributed by atoms with Gasteiger partial charge in [0.25, 0.3) is 0 Å². The summed E-state index contributed by atoms with van der Waals surface area (Å²) in [5.41, 5.74) is 0.720. The van der Waals surface area contributed by atoms with Crippen molar-refractivity contribution in [3.05, 3.63) is 29.8 Å². The first-order valence-electron chi connectivity index (χ1n) is 3.75. The van der Waals surface area contributed by atoms with Gasteiger partial charge < -0.3 is 4.74 Å². The van der Waals surface area contributed by atoms with Gasteiger partial charge >= 0.3 is 12.1 Å². The first-order chi connectivity index (χ1) is 6.39. The molecule has 0 N–H and O–H groups in total. The molecule has 0 saturated heterocycles. The topological polar surface area (TPSA) is 26.3 Å². The van der Waals surface area contributed by atoms with E-state index >= 15 is 0 Å². The van der Waals surface area contributed by atoms with Crippen LogP contribution in [0.5, 0.6) is 5.75 Å². The van der Waals surface area contributed by atoms with Crippen LogP contribution in [0, 0.1) is 6.92 Å².